The molecule has 0 heterocycles. The van der Waals surface area contributed by atoms with E-state index in [1.165, 1.54) is 0 Å². The van der Waals surface area contributed by atoms with Crippen LogP contribution in [0.25, 0.3) is 0 Å². The molecule has 82 valence electrons. The maximum Gasteiger partial charge on any atom is 0.305 e. The molecular formula is C9H18N2O3. The molecule has 0 rings (SSSR count). The fraction of sp³-hybridized carbons (Fsp3) is 0.778. The van der Waals surface area contributed by atoms with Gasteiger partial charge in [-0.2, -0.15) is 0 Å². The average Bonchev–Trinajstić information content (AvgIpc) is 1.97. The zero-order valence-electron chi connectivity index (χ0n) is 8.83. The fourth-order valence-corrected chi connectivity index (χ4v) is 0.764. The molecule has 1 atom stereocenters. The minimum Gasteiger partial charge on any atom is -0.481 e. The molecule has 0 aromatic carbocycles. The molecule has 0 aromatic heterocycles. The summed E-state index contributed by atoms with van der Waals surface area (Å²) in [5.74, 6) is -1.48. The molecule has 1 unspecified atom stereocenters. The van der Waals surface area contributed by atoms with E-state index in [0.29, 0.717) is 6.54 Å². The van der Waals surface area contributed by atoms with Crippen molar-refractivity contribution in [1.29, 1.82) is 0 Å². The Morgan fingerprint density at radius 2 is 1.93 bits per heavy atom. The molecule has 0 bridgehead atoms. The van der Waals surface area contributed by atoms with Crippen LogP contribution in [0.1, 0.15) is 27.2 Å². The van der Waals surface area contributed by atoms with Crippen molar-refractivity contribution in [1.82, 2.24) is 5.32 Å². The average molecular weight is 202 g/mol. The molecule has 0 saturated carbocycles. The number of rotatable bonds is 4. The number of nitrogens with one attached hydrogen (secondary N) is 1. The number of carboxylic acids is 1. The van der Waals surface area contributed by atoms with Gasteiger partial charge in [0.05, 0.1) is 12.5 Å². The van der Waals surface area contributed by atoms with Gasteiger partial charge in [0, 0.05) is 6.54 Å². The summed E-state index contributed by atoms with van der Waals surface area (Å²) in [7, 11) is 0. The zero-order valence-corrected chi connectivity index (χ0v) is 8.83. The lowest BCUT2D eigenvalue weighted by atomic mass is 9.97. The molecule has 5 heteroatoms. The summed E-state index contributed by atoms with van der Waals surface area (Å²) in [6.07, 6.45) is -0.337. The van der Waals surface area contributed by atoms with E-state index >= 15 is 0 Å². The Labute approximate surface area is 83.7 Å². The highest BCUT2D eigenvalue weighted by Crippen LogP contribution is 2.10. The van der Waals surface area contributed by atoms with Crippen molar-refractivity contribution in [3.63, 3.8) is 0 Å². The highest BCUT2D eigenvalue weighted by molar-refractivity contribution is 5.85. The van der Waals surface area contributed by atoms with Gasteiger partial charge in [-0.3, -0.25) is 9.59 Å². The van der Waals surface area contributed by atoms with E-state index in [-0.39, 0.29) is 11.8 Å². The number of amides is 1. The highest BCUT2D eigenvalue weighted by atomic mass is 16.4. The molecule has 0 saturated heterocycles. The first-order valence-electron chi connectivity index (χ1n) is 4.47. The van der Waals surface area contributed by atoms with Gasteiger partial charge in [0.25, 0.3) is 0 Å². The van der Waals surface area contributed by atoms with Crippen molar-refractivity contribution in [3.05, 3.63) is 0 Å². The van der Waals surface area contributed by atoms with E-state index in [2.05, 4.69) is 5.32 Å². The summed E-state index contributed by atoms with van der Waals surface area (Å²) >= 11 is 0. The molecule has 0 radical (unpaired) electrons. The number of carboxylic acid groups (broad SMARTS) is 1. The molecule has 0 aliphatic carbocycles. The quantitative estimate of drug-likeness (QED) is 0.596. The SMILES string of the molecule is CC(C)(C)CNC(=O)C(N)CC(=O)O. The predicted molar refractivity (Wildman–Crippen MR) is 52.7 cm³/mol. The van der Waals surface area contributed by atoms with Gasteiger partial charge in [0.2, 0.25) is 5.91 Å². The van der Waals surface area contributed by atoms with Crippen molar-refractivity contribution < 1.29 is 14.7 Å². The number of nitrogens with two attached hydrogens (primary N) is 1. The summed E-state index contributed by atoms with van der Waals surface area (Å²) < 4.78 is 0. The van der Waals surface area contributed by atoms with Crippen LogP contribution in [0.3, 0.4) is 0 Å². The fourth-order valence-electron chi connectivity index (χ4n) is 0.764. The van der Waals surface area contributed by atoms with Crippen LogP contribution < -0.4 is 11.1 Å². The van der Waals surface area contributed by atoms with Crippen molar-refractivity contribution in [2.75, 3.05) is 6.54 Å². The second kappa shape index (κ2) is 4.95. The Bertz CT molecular complexity index is 221. The third kappa shape index (κ3) is 6.42. The summed E-state index contributed by atoms with van der Waals surface area (Å²) in [5, 5.41) is 11.0. The van der Waals surface area contributed by atoms with Crippen molar-refractivity contribution in [2.45, 2.75) is 33.2 Å². The van der Waals surface area contributed by atoms with Gasteiger partial charge >= 0.3 is 5.97 Å². The Hall–Kier alpha value is -1.10. The first-order valence-corrected chi connectivity index (χ1v) is 4.47. The Morgan fingerprint density at radius 1 is 1.43 bits per heavy atom. The lowest BCUT2D eigenvalue weighted by molar-refractivity contribution is -0.139. The monoisotopic (exact) mass is 202 g/mol. The van der Waals surface area contributed by atoms with Gasteiger partial charge in [0.1, 0.15) is 0 Å². The smallest absolute Gasteiger partial charge is 0.305 e. The topological polar surface area (TPSA) is 92.4 Å². The summed E-state index contributed by atoms with van der Waals surface area (Å²) in [4.78, 5) is 21.5. The second-order valence-electron chi connectivity index (χ2n) is 4.48. The van der Waals surface area contributed by atoms with Crippen molar-refractivity contribution >= 4 is 11.9 Å². The molecule has 0 fully saturated rings. The van der Waals surface area contributed by atoms with Crippen molar-refractivity contribution in [2.24, 2.45) is 11.1 Å². The molecule has 0 aromatic rings. The van der Waals surface area contributed by atoms with Crippen LogP contribution in [0, 0.1) is 5.41 Å². The van der Waals surface area contributed by atoms with Gasteiger partial charge in [-0.15, -0.1) is 0 Å². The highest BCUT2D eigenvalue weighted by Gasteiger charge is 2.18. The van der Waals surface area contributed by atoms with Crippen molar-refractivity contribution in [3.8, 4) is 0 Å². The number of aliphatic carboxylic acids is 1. The van der Waals surface area contributed by atoms with Gasteiger partial charge in [0.15, 0.2) is 0 Å². The minimum atomic E-state index is -1.07. The number of carbonyl (C=O) groups is 2. The molecule has 1 amide bonds. The molecular weight excluding hydrogens is 184 g/mol. The van der Waals surface area contributed by atoms with Crippen LogP contribution in [0.5, 0.6) is 0 Å². The standard InChI is InChI=1S/C9H18N2O3/c1-9(2,3)5-11-8(14)6(10)4-7(12)13/h6H,4-5,10H2,1-3H3,(H,11,14)(H,12,13). The Morgan fingerprint density at radius 3 is 2.29 bits per heavy atom. The summed E-state index contributed by atoms with van der Waals surface area (Å²) in [5.41, 5.74) is 5.33. The minimum absolute atomic E-state index is 0.0292. The van der Waals surface area contributed by atoms with Crippen LogP contribution in [0.4, 0.5) is 0 Å². The lowest BCUT2D eigenvalue weighted by Gasteiger charge is -2.20. The first-order chi connectivity index (χ1) is 6.22. The van der Waals surface area contributed by atoms with Gasteiger partial charge in [-0.05, 0) is 5.41 Å². The number of carbonyl (C=O) groups excluding carboxylic acids is 1. The third-order valence-electron chi connectivity index (χ3n) is 1.52. The zero-order chi connectivity index (χ0) is 11.4. The van der Waals surface area contributed by atoms with Crippen LogP contribution in [-0.2, 0) is 9.59 Å². The van der Waals surface area contributed by atoms with E-state index in [0.717, 1.165) is 0 Å². The molecule has 0 aliphatic heterocycles. The van der Waals surface area contributed by atoms with E-state index in [9.17, 15) is 9.59 Å². The van der Waals surface area contributed by atoms with E-state index in [4.69, 9.17) is 10.8 Å². The van der Waals surface area contributed by atoms with Gasteiger partial charge < -0.3 is 16.2 Å². The molecule has 4 N–H and O–H groups in total. The van der Waals surface area contributed by atoms with Gasteiger partial charge in [-0.1, -0.05) is 20.8 Å². The molecule has 0 spiro atoms. The lowest BCUT2D eigenvalue weighted by Crippen LogP contribution is -2.44. The largest absolute Gasteiger partial charge is 0.481 e. The van der Waals surface area contributed by atoms with Crippen LogP contribution >= 0.6 is 0 Å². The van der Waals surface area contributed by atoms with E-state index in [1.54, 1.807) is 0 Å². The number of hydrogen-bond donors (Lipinski definition) is 3. The van der Waals surface area contributed by atoms with Gasteiger partial charge in [-0.25, -0.2) is 0 Å². The summed E-state index contributed by atoms with van der Waals surface area (Å²) in [6.45, 7) is 6.39. The first kappa shape index (κ1) is 12.9. The summed E-state index contributed by atoms with van der Waals surface area (Å²) in [6, 6.07) is -0.963. The van der Waals surface area contributed by atoms with Crippen LogP contribution in [0.15, 0.2) is 0 Å². The third-order valence-corrected chi connectivity index (χ3v) is 1.52. The van der Waals surface area contributed by atoms with Crippen LogP contribution in [-0.4, -0.2) is 29.6 Å². The van der Waals surface area contributed by atoms with Crippen LogP contribution in [0.2, 0.25) is 0 Å². The predicted octanol–water partition coefficient (Wildman–Crippen LogP) is -0.0493. The maximum absolute atomic E-state index is 11.2. The normalized spacial score (nSPS) is 13.4. The molecule has 14 heavy (non-hydrogen) atoms. The maximum atomic E-state index is 11.2. The van der Waals surface area contributed by atoms with E-state index < -0.39 is 17.9 Å². The molecule has 0 aliphatic rings. The Balaban J connectivity index is 3.91. The number of hydrogen-bond acceptors (Lipinski definition) is 3. The Kier molecular flexibility index (Phi) is 4.56. The van der Waals surface area contributed by atoms with E-state index in [1.807, 2.05) is 20.8 Å². The molecule has 5 nitrogen and oxygen atoms in total. The second-order valence-corrected chi connectivity index (χ2v) is 4.48.